The van der Waals surface area contributed by atoms with Crippen molar-refractivity contribution in [2.45, 2.75) is 13.3 Å². The van der Waals surface area contributed by atoms with Crippen molar-refractivity contribution in [2.24, 2.45) is 7.05 Å². The lowest BCUT2D eigenvalue weighted by atomic mass is 10.1. The predicted octanol–water partition coefficient (Wildman–Crippen LogP) is 1.91. The minimum absolute atomic E-state index is 0.556. The van der Waals surface area contributed by atoms with Crippen LogP contribution in [0.1, 0.15) is 17.0 Å². The highest BCUT2D eigenvalue weighted by Gasteiger charge is 2.09. The van der Waals surface area contributed by atoms with E-state index in [0.717, 1.165) is 23.6 Å². The highest BCUT2D eigenvalue weighted by molar-refractivity contribution is 5.35. The van der Waals surface area contributed by atoms with Gasteiger partial charge in [-0.2, -0.15) is 0 Å². The largest absolute Gasteiger partial charge is 0.497 e. The number of nitrogen functional groups attached to an aromatic ring is 1. The summed E-state index contributed by atoms with van der Waals surface area (Å²) in [5.41, 5.74) is 9.08. The van der Waals surface area contributed by atoms with Crippen molar-refractivity contribution in [1.29, 1.82) is 0 Å². The summed E-state index contributed by atoms with van der Waals surface area (Å²) in [5.74, 6) is 1.43. The first kappa shape index (κ1) is 11.5. The van der Waals surface area contributed by atoms with E-state index < -0.39 is 0 Å². The number of ether oxygens (including phenoxy) is 1. The van der Waals surface area contributed by atoms with E-state index in [1.165, 1.54) is 5.56 Å². The standard InChI is InChI=1S/C13H17N3O/c1-9-12(16(2)13(14)15-9)8-10-5-4-6-11(7-10)17-3/h4-7H,8H2,1-3H3,(H2,14,15). The van der Waals surface area contributed by atoms with Crippen LogP contribution in [0.2, 0.25) is 0 Å². The molecule has 0 aliphatic carbocycles. The zero-order valence-electron chi connectivity index (χ0n) is 10.4. The van der Waals surface area contributed by atoms with Gasteiger partial charge < -0.3 is 15.0 Å². The van der Waals surface area contributed by atoms with Gasteiger partial charge in [0.2, 0.25) is 0 Å². The first-order valence-corrected chi connectivity index (χ1v) is 5.52. The zero-order valence-corrected chi connectivity index (χ0v) is 10.4. The van der Waals surface area contributed by atoms with E-state index in [1.807, 2.05) is 36.7 Å². The Kier molecular flexibility index (Phi) is 3.04. The maximum atomic E-state index is 5.78. The van der Waals surface area contributed by atoms with Gasteiger partial charge in [-0.3, -0.25) is 0 Å². The molecular weight excluding hydrogens is 214 g/mol. The molecule has 2 N–H and O–H groups in total. The van der Waals surface area contributed by atoms with Crippen LogP contribution in [0.15, 0.2) is 24.3 Å². The third-order valence-electron chi connectivity index (χ3n) is 2.95. The average molecular weight is 231 g/mol. The molecule has 2 rings (SSSR count). The minimum atomic E-state index is 0.556. The number of aryl methyl sites for hydroxylation is 1. The quantitative estimate of drug-likeness (QED) is 0.878. The Bertz CT molecular complexity index is 531. The van der Waals surface area contributed by atoms with Gasteiger partial charge in [-0.1, -0.05) is 12.1 Å². The topological polar surface area (TPSA) is 53.1 Å². The third-order valence-corrected chi connectivity index (χ3v) is 2.95. The van der Waals surface area contributed by atoms with Gasteiger partial charge in [-0.15, -0.1) is 0 Å². The Labute approximate surface area is 101 Å². The Morgan fingerprint density at radius 1 is 1.41 bits per heavy atom. The minimum Gasteiger partial charge on any atom is -0.497 e. The van der Waals surface area contributed by atoms with Gasteiger partial charge >= 0.3 is 0 Å². The van der Waals surface area contributed by atoms with Crippen molar-refractivity contribution in [3.63, 3.8) is 0 Å². The van der Waals surface area contributed by atoms with Crippen LogP contribution >= 0.6 is 0 Å². The molecule has 4 nitrogen and oxygen atoms in total. The summed E-state index contributed by atoms with van der Waals surface area (Å²) in [6.45, 7) is 1.98. The maximum absolute atomic E-state index is 5.78. The molecule has 0 bridgehead atoms. The third kappa shape index (κ3) is 2.25. The smallest absolute Gasteiger partial charge is 0.200 e. The van der Waals surface area contributed by atoms with E-state index in [-0.39, 0.29) is 0 Å². The summed E-state index contributed by atoms with van der Waals surface area (Å²) in [6.07, 6.45) is 0.809. The lowest BCUT2D eigenvalue weighted by molar-refractivity contribution is 0.414. The first-order chi connectivity index (χ1) is 8.11. The molecule has 0 aliphatic heterocycles. The van der Waals surface area contributed by atoms with E-state index in [2.05, 4.69) is 11.1 Å². The summed E-state index contributed by atoms with van der Waals surface area (Å²) in [6, 6.07) is 8.03. The van der Waals surface area contributed by atoms with Gasteiger partial charge in [0.25, 0.3) is 0 Å². The summed E-state index contributed by atoms with van der Waals surface area (Å²) in [5, 5.41) is 0. The monoisotopic (exact) mass is 231 g/mol. The van der Waals surface area contributed by atoms with Crippen LogP contribution in [-0.2, 0) is 13.5 Å². The van der Waals surface area contributed by atoms with Crippen LogP contribution in [0, 0.1) is 6.92 Å². The second-order valence-electron chi connectivity index (χ2n) is 4.09. The molecule has 0 saturated carbocycles. The summed E-state index contributed by atoms with van der Waals surface area (Å²) in [4.78, 5) is 4.26. The van der Waals surface area contributed by atoms with Crippen LogP contribution in [0.4, 0.5) is 5.95 Å². The zero-order chi connectivity index (χ0) is 12.4. The van der Waals surface area contributed by atoms with Gasteiger partial charge in [0.1, 0.15) is 5.75 Å². The highest BCUT2D eigenvalue weighted by Crippen LogP contribution is 2.19. The maximum Gasteiger partial charge on any atom is 0.200 e. The Morgan fingerprint density at radius 2 is 2.18 bits per heavy atom. The van der Waals surface area contributed by atoms with Crippen LogP contribution in [0.25, 0.3) is 0 Å². The fourth-order valence-electron chi connectivity index (χ4n) is 1.91. The number of imidazole rings is 1. The van der Waals surface area contributed by atoms with E-state index in [0.29, 0.717) is 5.95 Å². The van der Waals surface area contributed by atoms with Crippen molar-refractivity contribution in [2.75, 3.05) is 12.8 Å². The van der Waals surface area contributed by atoms with E-state index in [9.17, 15) is 0 Å². The molecule has 4 heteroatoms. The molecule has 0 saturated heterocycles. The summed E-state index contributed by atoms with van der Waals surface area (Å²) in [7, 11) is 3.61. The lowest BCUT2D eigenvalue weighted by Crippen LogP contribution is -2.02. The molecule has 0 radical (unpaired) electrons. The van der Waals surface area contributed by atoms with Crippen LogP contribution in [0.5, 0.6) is 5.75 Å². The second-order valence-corrected chi connectivity index (χ2v) is 4.09. The molecule has 1 aromatic heterocycles. The molecule has 0 fully saturated rings. The summed E-state index contributed by atoms with van der Waals surface area (Å²) < 4.78 is 7.14. The van der Waals surface area contributed by atoms with Crippen molar-refractivity contribution in [3.8, 4) is 5.75 Å². The SMILES string of the molecule is COc1cccc(Cc2c(C)nc(N)n2C)c1. The Hall–Kier alpha value is -1.97. The number of benzene rings is 1. The number of anilines is 1. The van der Waals surface area contributed by atoms with Gasteiger partial charge in [-0.25, -0.2) is 4.98 Å². The van der Waals surface area contributed by atoms with E-state index in [4.69, 9.17) is 10.5 Å². The number of nitrogens with zero attached hydrogens (tertiary/aromatic N) is 2. The molecule has 1 aromatic carbocycles. The van der Waals surface area contributed by atoms with Crippen molar-refractivity contribution in [3.05, 3.63) is 41.2 Å². The molecule has 17 heavy (non-hydrogen) atoms. The number of rotatable bonds is 3. The van der Waals surface area contributed by atoms with Gasteiger partial charge in [0.05, 0.1) is 12.8 Å². The van der Waals surface area contributed by atoms with Gasteiger partial charge in [-0.05, 0) is 24.6 Å². The molecule has 0 amide bonds. The molecular formula is C13H17N3O. The number of methoxy groups -OCH3 is 1. The highest BCUT2D eigenvalue weighted by atomic mass is 16.5. The molecule has 0 spiro atoms. The number of hydrogen-bond donors (Lipinski definition) is 1. The first-order valence-electron chi connectivity index (χ1n) is 5.52. The van der Waals surface area contributed by atoms with Crippen LogP contribution < -0.4 is 10.5 Å². The van der Waals surface area contributed by atoms with Crippen molar-refractivity contribution >= 4 is 5.95 Å². The van der Waals surface area contributed by atoms with Crippen molar-refractivity contribution < 1.29 is 4.74 Å². The fourth-order valence-corrected chi connectivity index (χ4v) is 1.91. The lowest BCUT2D eigenvalue weighted by Gasteiger charge is -2.06. The average Bonchev–Trinajstić information content (AvgIpc) is 2.56. The molecule has 0 aliphatic rings. The Balaban J connectivity index is 2.31. The summed E-state index contributed by atoms with van der Waals surface area (Å²) >= 11 is 0. The van der Waals surface area contributed by atoms with E-state index >= 15 is 0 Å². The van der Waals surface area contributed by atoms with Gasteiger partial charge in [0.15, 0.2) is 5.95 Å². The molecule has 0 unspecified atom stereocenters. The van der Waals surface area contributed by atoms with Crippen LogP contribution in [0.3, 0.4) is 0 Å². The van der Waals surface area contributed by atoms with Crippen LogP contribution in [-0.4, -0.2) is 16.7 Å². The molecule has 1 heterocycles. The fraction of sp³-hybridized carbons (Fsp3) is 0.308. The van der Waals surface area contributed by atoms with Crippen molar-refractivity contribution in [1.82, 2.24) is 9.55 Å². The number of hydrogen-bond acceptors (Lipinski definition) is 3. The van der Waals surface area contributed by atoms with Gasteiger partial charge in [0, 0.05) is 19.2 Å². The second kappa shape index (κ2) is 4.49. The molecule has 0 atom stereocenters. The Morgan fingerprint density at radius 3 is 2.76 bits per heavy atom. The number of nitrogens with two attached hydrogens (primary N) is 1. The molecule has 90 valence electrons. The number of aromatic nitrogens is 2. The normalized spacial score (nSPS) is 10.5. The molecule has 2 aromatic rings. The van der Waals surface area contributed by atoms with E-state index in [1.54, 1.807) is 7.11 Å². The predicted molar refractivity (Wildman–Crippen MR) is 68.2 cm³/mol.